The van der Waals surface area contributed by atoms with E-state index in [0.29, 0.717) is 0 Å². The molecule has 200 valence electrons. The maximum Gasteiger partial charge on any atom is 0.244 e. The third-order valence-electron chi connectivity index (χ3n) is 6.20. The standard InChI is InChI=1S/C18H23N3O.C6H8N2O.C6H7N/c1-18(2,3)14-7-9-15(10-8-14)21(4)16(17(19)22)13-6-5-11-20-12-13;7-5-8-3-1-2-6(8)4-9;1-6-4-2-3-5-7-6/h5-12,16H,1-4H3,(H2,19,22);4,6H,1-3H2;2-5H,1H3. The zero-order chi connectivity index (χ0) is 28.1. The number of pyridine rings is 2. The highest BCUT2D eigenvalue weighted by Gasteiger charge is 2.24. The van der Waals surface area contributed by atoms with Gasteiger partial charge in [-0.05, 0) is 61.1 Å². The normalized spacial score (nSPS) is 15.1. The fraction of sp³-hybridized carbons (Fsp3) is 0.367. The number of aromatic nitrogens is 2. The molecule has 1 amide bonds. The highest BCUT2D eigenvalue weighted by atomic mass is 16.1. The summed E-state index contributed by atoms with van der Waals surface area (Å²) in [5.74, 6) is -0.393. The van der Waals surface area contributed by atoms with Crippen LogP contribution in [0.5, 0.6) is 0 Å². The van der Waals surface area contributed by atoms with Crippen LogP contribution in [0.25, 0.3) is 0 Å². The first-order valence-electron chi connectivity index (χ1n) is 12.6. The van der Waals surface area contributed by atoms with Gasteiger partial charge in [0, 0.05) is 49.1 Å². The highest BCUT2D eigenvalue weighted by Crippen LogP contribution is 2.28. The van der Waals surface area contributed by atoms with Gasteiger partial charge in [0.1, 0.15) is 12.3 Å². The van der Waals surface area contributed by atoms with Crippen LogP contribution in [0.2, 0.25) is 0 Å². The van der Waals surface area contributed by atoms with Crippen LogP contribution < -0.4 is 10.6 Å². The number of aldehydes is 1. The van der Waals surface area contributed by atoms with Gasteiger partial charge >= 0.3 is 0 Å². The van der Waals surface area contributed by atoms with E-state index in [-0.39, 0.29) is 11.5 Å². The van der Waals surface area contributed by atoms with E-state index in [4.69, 9.17) is 11.0 Å². The summed E-state index contributed by atoms with van der Waals surface area (Å²) in [7, 11) is 1.87. The van der Waals surface area contributed by atoms with Crippen LogP contribution >= 0.6 is 0 Å². The van der Waals surface area contributed by atoms with Gasteiger partial charge in [0.05, 0.1) is 6.04 Å². The van der Waals surface area contributed by atoms with Crippen molar-refractivity contribution in [3.8, 4) is 6.19 Å². The molecule has 8 heteroatoms. The first-order chi connectivity index (χ1) is 18.1. The van der Waals surface area contributed by atoms with Gasteiger partial charge in [-0.15, -0.1) is 0 Å². The number of nitrogens with two attached hydrogens (primary N) is 1. The number of nitrogens with zero attached hydrogens (tertiary/aromatic N) is 5. The average molecular weight is 515 g/mol. The topological polar surface area (TPSA) is 116 Å². The lowest BCUT2D eigenvalue weighted by Gasteiger charge is -2.28. The van der Waals surface area contributed by atoms with E-state index < -0.39 is 11.9 Å². The number of likely N-dealkylation sites (tertiary alicyclic amines) is 1. The zero-order valence-electron chi connectivity index (χ0n) is 22.9. The molecule has 0 aliphatic carbocycles. The monoisotopic (exact) mass is 514 g/mol. The fourth-order valence-electron chi connectivity index (χ4n) is 3.97. The Bertz CT molecular complexity index is 1170. The van der Waals surface area contributed by atoms with Gasteiger partial charge < -0.3 is 20.3 Å². The predicted octanol–water partition coefficient (Wildman–Crippen LogP) is 4.56. The SMILES string of the molecule is CN(c1ccc(C(C)(C)C)cc1)C(C(N)=O)c1cccnc1.Cc1ccccn1.N#CN1CCCC1C=O. The second-order valence-corrected chi connectivity index (χ2v) is 10.1. The number of anilines is 1. The number of rotatable bonds is 5. The highest BCUT2D eigenvalue weighted by molar-refractivity contribution is 5.85. The van der Waals surface area contributed by atoms with Crippen molar-refractivity contribution in [1.29, 1.82) is 5.26 Å². The molecule has 1 fully saturated rings. The van der Waals surface area contributed by atoms with Crippen LogP contribution in [-0.2, 0) is 15.0 Å². The Balaban J connectivity index is 0.000000257. The third-order valence-corrected chi connectivity index (χ3v) is 6.20. The number of likely N-dealkylation sites (N-methyl/N-ethyl adjacent to an activating group) is 1. The van der Waals surface area contributed by atoms with Crippen molar-refractivity contribution in [1.82, 2.24) is 14.9 Å². The maximum atomic E-state index is 11.9. The van der Waals surface area contributed by atoms with Gasteiger partial charge in [-0.3, -0.25) is 14.8 Å². The molecule has 3 aromatic rings. The zero-order valence-corrected chi connectivity index (χ0v) is 22.9. The van der Waals surface area contributed by atoms with Gasteiger partial charge in [0.15, 0.2) is 6.19 Å². The number of carbonyl (C=O) groups excluding carboxylic acids is 2. The number of benzene rings is 1. The summed E-state index contributed by atoms with van der Waals surface area (Å²) in [6, 6.07) is 17.1. The molecular formula is C30H38N6O2. The van der Waals surface area contributed by atoms with Crippen LogP contribution in [0.1, 0.15) is 56.5 Å². The summed E-state index contributed by atoms with van der Waals surface area (Å²) >= 11 is 0. The molecule has 1 aromatic carbocycles. The Kier molecular flexibility index (Phi) is 11.4. The van der Waals surface area contributed by atoms with Gasteiger partial charge in [0.2, 0.25) is 5.91 Å². The summed E-state index contributed by atoms with van der Waals surface area (Å²) in [5.41, 5.74) is 9.76. The van der Waals surface area contributed by atoms with E-state index in [9.17, 15) is 9.59 Å². The van der Waals surface area contributed by atoms with Gasteiger partial charge in [0.25, 0.3) is 0 Å². The Morgan fingerprint density at radius 2 is 1.87 bits per heavy atom. The second-order valence-electron chi connectivity index (χ2n) is 10.1. The average Bonchev–Trinajstić information content (AvgIpc) is 3.38. The Morgan fingerprint density at radius 3 is 2.29 bits per heavy atom. The van der Waals surface area contributed by atoms with E-state index in [0.717, 1.165) is 42.6 Å². The first kappa shape index (κ1) is 30.0. The van der Waals surface area contributed by atoms with Crippen molar-refractivity contribution < 1.29 is 9.59 Å². The Hall–Kier alpha value is -4.25. The Labute approximate surface area is 226 Å². The van der Waals surface area contributed by atoms with Crippen molar-refractivity contribution in [2.75, 3.05) is 18.5 Å². The quantitative estimate of drug-likeness (QED) is 0.392. The summed E-state index contributed by atoms with van der Waals surface area (Å²) in [5, 5.41) is 8.38. The molecular weight excluding hydrogens is 476 g/mol. The molecule has 4 rings (SSSR count). The smallest absolute Gasteiger partial charge is 0.244 e. The molecule has 0 spiro atoms. The fourth-order valence-corrected chi connectivity index (χ4v) is 3.97. The summed E-state index contributed by atoms with van der Waals surface area (Å²) in [4.78, 5) is 33.5. The van der Waals surface area contributed by atoms with Crippen LogP contribution in [0.3, 0.4) is 0 Å². The molecule has 3 heterocycles. The molecule has 38 heavy (non-hydrogen) atoms. The molecule has 2 unspecified atom stereocenters. The Morgan fingerprint density at radius 1 is 1.16 bits per heavy atom. The van der Waals surface area contributed by atoms with Crippen LogP contribution in [0.15, 0.2) is 73.2 Å². The van der Waals surface area contributed by atoms with Gasteiger partial charge in [-0.2, -0.15) is 5.26 Å². The minimum Gasteiger partial charge on any atom is -0.368 e. The van der Waals surface area contributed by atoms with Gasteiger partial charge in [-0.25, -0.2) is 0 Å². The maximum absolute atomic E-state index is 11.9. The first-order valence-corrected chi connectivity index (χ1v) is 12.6. The molecule has 1 saturated heterocycles. The van der Waals surface area contributed by atoms with E-state index >= 15 is 0 Å². The number of primary amides is 1. The van der Waals surface area contributed by atoms with Crippen molar-refractivity contribution in [2.45, 2.75) is 58.0 Å². The van der Waals surface area contributed by atoms with Gasteiger partial charge in [-0.1, -0.05) is 45.0 Å². The minimum atomic E-state index is -0.533. The second kappa shape index (κ2) is 14.5. The van der Waals surface area contributed by atoms with E-state index in [1.54, 1.807) is 18.6 Å². The molecule has 2 aromatic heterocycles. The van der Waals surface area contributed by atoms with E-state index in [1.807, 2.05) is 67.5 Å². The summed E-state index contributed by atoms with van der Waals surface area (Å²) in [6.07, 6.45) is 9.77. The summed E-state index contributed by atoms with van der Waals surface area (Å²) in [6.45, 7) is 9.24. The van der Waals surface area contributed by atoms with Crippen LogP contribution in [0, 0.1) is 18.4 Å². The van der Waals surface area contributed by atoms with E-state index in [1.165, 1.54) is 10.5 Å². The molecule has 2 atom stereocenters. The molecule has 0 bridgehead atoms. The predicted molar refractivity (Wildman–Crippen MR) is 150 cm³/mol. The molecule has 8 nitrogen and oxygen atoms in total. The molecule has 0 saturated carbocycles. The number of hydrogen-bond donors (Lipinski definition) is 1. The summed E-state index contributed by atoms with van der Waals surface area (Å²) < 4.78 is 0. The lowest BCUT2D eigenvalue weighted by Crippen LogP contribution is -2.35. The molecule has 1 aliphatic heterocycles. The largest absolute Gasteiger partial charge is 0.368 e. The van der Waals surface area contributed by atoms with Crippen LogP contribution in [0.4, 0.5) is 5.69 Å². The van der Waals surface area contributed by atoms with Crippen LogP contribution in [-0.4, -0.2) is 46.7 Å². The number of aryl methyl sites for hydroxylation is 1. The van der Waals surface area contributed by atoms with Crippen molar-refractivity contribution in [3.63, 3.8) is 0 Å². The molecule has 2 N–H and O–H groups in total. The van der Waals surface area contributed by atoms with Crippen molar-refractivity contribution in [2.24, 2.45) is 5.73 Å². The van der Waals surface area contributed by atoms with Crippen molar-refractivity contribution >= 4 is 17.9 Å². The number of nitriles is 1. The lowest BCUT2D eigenvalue weighted by molar-refractivity contribution is -0.119. The molecule has 0 radical (unpaired) electrons. The third kappa shape index (κ3) is 9.00. The number of carbonyl (C=O) groups is 2. The van der Waals surface area contributed by atoms with Crippen molar-refractivity contribution in [3.05, 3.63) is 90.0 Å². The minimum absolute atomic E-state index is 0.101. The molecule has 1 aliphatic rings. The number of hydrogen-bond acceptors (Lipinski definition) is 7. The van der Waals surface area contributed by atoms with E-state index in [2.05, 4.69) is 42.9 Å². The lowest BCUT2D eigenvalue weighted by atomic mass is 9.87. The number of amides is 1.